The van der Waals surface area contributed by atoms with Crippen molar-refractivity contribution in [3.63, 3.8) is 0 Å². The first-order valence-corrected chi connectivity index (χ1v) is 7.32. The average Bonchev–Trinajstić information content (AvgIpc) is 2.89. The predicted molar refractivity (Wildman–Crippen MR) is 80.2 cm³/mol. The second kappa shape index (κ2) is 6.14. The molecule has 6 heteroatoms. The first kappa shape index (κ1) is 14.0. The van der Waals surface area contributed by atoms with Gasteiger partial charge in [-0.1, -0.05) is 6.92 Å². The number of aryl methyl sites for hydroxylation is 2. The minimum atomic E-state index is 0.718. The van der Waals surface area contributed by atoms with Crippen molar-refractivity contribution in [2.75, 3.05) is 11.9 Å². The lowest BCUT2D eigenvalue weighted by Crippen LogP contribution is -2.08. The van der Waals surface area contributed by atoms with Gasteiger partial charge in [0.25, 0.3) is 0 Å². The summed E-state index contributed by atoms with van der Waals surface area (Å²) in [5, 5.41) is 7.53. The van der Waals surface area contributed by atoms with Gasteiger partial charge in [0, 0.05) is 19.3 Å². The molecule has 0 amide bonds. The molecule has 0 aliphatic carbocycles. The van der Waals surface area contributed by atoms with Gasteiger partial charge in [-0.2, -0.15) is 5.10 Å². The molecule has 0 spiro atoms. The van der Waals surface area contributed by atoms with E-state index < -0.39 is 0 Å². The molecule has 0 bridgehead atoms. The highest BCUT2D eigenvalue weighted by atomic mass is 79.9. The second-order valence-electron chi connectivity index (χ2n) is 4.07. The fourth-order valence-electron chi connectivity index (χ4n) is 1.90. The molecule has 0 aliphatic heterocycles. The van der Waals surface area contributed by atoms with Crippen molar-refractivity contribution in [2.24, 2.45) is 0 Å². The zero-order chi connectivity index (χ0) is 13.8. The van der Waals surface area contributed by atoms with Crippen LogP contribution in [-0.4, -0.2) is 26.3 Å². The van der Waals surface area contributed by atoms with Crippen LogP contribution < -0.4 is 5.32 Å². The minimum Gasteiger partial charge on any atom is -0.369 e. The Morgan fingerprint density at radius 2 is 2.05 bits per heavy atom. The monoisotopic (exact) mass is 323 g/mol. The average molecular weight is 324 g/mol. The highest BCUT2D eigenvalue weighted by Gasteiger charge is 2.14. The fourth-order valence-corrected chi connectivity index (χ4v) is 2.50. The van der Waals surface area contributed by atoms with Gasteiger partial charge in [0.05, 0.1) is 10.2 Å². The van der Waals surface area contributed by atoms with Crippen LogP contribution in [0.3, 0.4) is 0 Å². The van der Waals surface area contributed by atoms with Crippen molar-refractivity contribution >= 4 is 21.7 Å². The zero-order valence-electron chi connectivity index (χ0n) is 11.4. The molecular weight excluding hydrogens is 306 g/mol. The van der Waals surface area contributed by atoms with E-state index in [0.29, 0.717) is 0 Å². The van der Waals surface area contributed by atoms with Gasteiger partial charge in [0.2, 0.25) is 0 Å². The molecular formula is C13H18BrN5. The van der Waals surface area contributed by atoms with Crippen LogP contribution in [0.1, 0.15) is 26.5 Å². The van der Waals surface area contributed by atoms with Crippen LogP contribution in [0.25, 0.3) is 11.5 Å². The molecule has 0 aromatic carbocycles. The van der Waals surface area contributed by atoms with E-state index in [1.165, 1.54) is 0 Å². The smallest absolute Gasteiger partial charge is 0.180 e. The summed E-state index contributed by atoms with van der Waals surface area (Å²) in [5.74, 6) is 1.56. The van der Waals surface area contributed by atoms with Crippen molar-refractivity contribution < 1.29 is 0 Å². The maximum atomic E-state index is 4.63. The van der Waals surface area contributed by atoms with Crippen LogP contribution in [0, 0.1) is 0 Å². The van der Waals surface area contributed by atoms with Gasteiger partial charge in [-0.25, -0.2) is 9.97 Å². The molecule has 0 saturated heterocycles. The van der Waals surface area contributed by atoms with Crippen molar-refractivity contribution in [3.8, 4) is 11.5 Å². The summed E-state index contributed by atoms with van der Waals surface area (Å²) in [5.41, 5.74) is 1.95. The topological polar surface area (TPSA) is 55.6 Å². The predicted octanol–water partition coefficient (Wildman–Crippen LogP) is 3.12. The molecule has 0 unspecified atom stereocenters. The number of nitrogens with zero attached hydrogens (tertiary/aromatic N) is 4. The van der Waals surface area contributed by atoms with Gasteiger partial charge in [0.1, 0.15) is 11.5 Å². The van der Waals surface area contributed by atoms with Crippen LogP contribution in [0.15, 0.2) is 16.7 Å². The summed E-state index contributed by atoms with van der Waals surface area (Å²) in [6.45, 7) is 7.83. The number of anilines is 1. The van der Waals surface area contributed by atoms with E-state index in [1.807, 2.05) is 10.7 Å². The molecule has 0 saturated carbocycles. The highest BCUT2D eigenvalue weighted by Crippen LogP contribution is 2.27. The molecule has 2 heterocycles. The van der Waals surface area contributed by atoms with E-state index in [1.54, 1.807) is 6.20 Å². The van der Waals surface area contributed by atoms with Gasteiger partial charge in [-0.15, -0.1) is 0 Å². The molecule has 0 aliphatic rings. The Bertz CT molecular complexity index is 564. The maximum absolute atomic E-state index is 4.63. The molecule has 5 nitrogen and oxygen atoms in total. The molecule has 1 N–H and O–H groups in total. The van der Waals surface area contributed by atoms with Crippen LogP contribution in [-0.2, 0) is 13.0 Å². The van der Waals surface area contributed by atoms with Crippen molar-refractivity contribution in [1.29, 1.82) is 0 Å². The molecule has 2 aromatic heterocycles. The number of aromatic nitrogens is 4. The Kier molecular flexibility index (Phi) is 4.52. The van der Waals surface area contributed by atoms with Crippen molar-refractivity contribution in [1.82, 2.24) is 19.7 Å². The third-order valence-electron chi connectivity index (χ3n) is 2.84. The molecule has 2 rings (SSSR count). The van der Waals surface area contributed by atoms with E-state index in [-0.39, 0.29) is 0 Å². The van der Waals surface area contributed by atoms with Crippen molar-refractivity contribution in [2.45, 2.75) is 33.7 Å². The summed E-state index contributed by atoms with van der Waals surface area (Å²) in [7, 11) is 0. The standard InChI is InChI=1S/C13H18BrN5/c1-4-9-11(14)13(15-5-2)18-12(17-9)10-7-8-16-19(10)6-3/h7-8H,4-6H2,1-3H3,(H,15,17,18). The summed E-state index contributed by atoms with van der Waals surface area (Å²) in [4.78, 5) is 9.22. The van der Waals surface area contributed by atoms with E-state index in [4.69, 9.17) is 0 Å². The number of rotatable bonds is 5. The molecule has 102 valence electrons. The lowest BCUT2D eigenvalue weighted by Gasteiger charge is -2.11. The maximum Gasteiger partial charge on any atom is 0.180 e. The molecule has 0 fully saturated rings. The largest absolute Gasteiger partial charge is 0.369 e. The minimum absolute atomic E-state index is 0.718. The van der Waals surface area contributed by atoms with Gasteiger partial charge in [-0.05, 0) is 42.3 Å². The summed E-state index contributed by atoms with van der Waals surface area (Å²) in [6.07, 6.45) is 2.64. The van der Waals surface area contributed by atoms with Gasteiger partial charge >= 0.3 is 0 Å². The molecule has 19 heavy (non-hydrogen) atoms. The Morgan fingerprint density at radius 3 is 2.68 bits per heavy atom. The Morgan fingerprint density at radius 1 is 1.26 bits per heavy atom. The lowest BCUT2D eigenvalue weighted by molar-refractivity contribution is 0.663. The van der Waals surface area contributed by atoms with Crippen LogP contribution >= 0.6 is 15.9 Å². The summed E-state index contributed by atoms with van der Waals surface area (Å²) in [6, 6.07) is 1.95. The van der Waals surface area contributed by atoms with E-state index in [0.717, 1.165) is 47.0 Å². The van der Waals surface area contributed by atoms with Gasteiger partial charge in [-0.3, -0.25) is 4.68 Å². The second-order valence-corrected chi connectivity index (χ2v) is 4.87. The van der Waals surface area contributed by atoms with Crippen LogP contribution in [0.5, 0.6) is 0 Å². The quantitative estimate of drug-likeness (QED) is 0.918. The summed E-state index contributed by atoms with van der Waals surface area (Å²) < 4.78 is 2.85. The number of halogens is 1. The summed E-state index contributed by atoms with van der Waals surface area (Å²) >= 11 is 3.57. The zero-order valence-corrected chi connectivity index (χ0v) is 13.0. The number of hydrogen-bond donors (Lipinski definition) is 1. The molecule has 2 aromatic rings. The first-order valence-electron chi connectivity index (χ1n) is 6.53. The van der Waals surface area contributed by atoms with E-state index in [9.17, 15) is 0 Å². The first-order chi connectivity index (χ1) is 9.21. The van der Waals surface area contributed by atoms with Gasteiger partial charge < -0.3 is 5.32 Å². The number of nitrogens with one attached hydrogen (secondary N) is 1. The number of hydrogen-bond acceptors (Lipinski definition) is 4. The van der Waals surface area contributed by atoms with Crippen molar-refractivity contribution in [3.05, 3.63) is 22.4 Å². The Balaban J connectivity index is 2.54. The van der Waals surface area contributed by atoms with Crippen LogP contribution in [0.4, 0.5) is 5.82 Å². The van der Waals surface area contributed by atoms with E-state index >= 15 is 0 Å². The molecule has 0 radical (unpaired) electrons. The lowest BCUT2D eigenvalue weighted by atomic mass is 10.3. The SMILES string of the molecule is CCNc1nc(-c2ccnn2CC)nc(CC)c1Br. The van der Waals surface area contributed by atoms with Gasteiger partial charge in [0.15, 0.2) is 5.82 Å². The molecule has 0 atom stereocenters. The Hall–Kier alpha value is -1.43. The highest BCUT2D eigenvalue weighted by molar-refractivity contribution is 9.10. The third-order valence-corrected chi connectivity index (χ3v) is 3.68. The normalized spacial score (nSPS) is 10.7. The van der Waals surface area contributed by atoms with E-state index in [2.05, 4.69) is 57.1 Å². The Labute approximate surface area is 121 Å². The fraction of sp³-hybridized carbons (Fsp3) is 0.462. The third kappa shape index (κ3) is 2.78. The van der Waals surface area contributed by atoms with Crippen LogP contribution in [0.2, 0.25) is 0 Å².